The van der Waals surface area contributed by atoms with Crippen LogP contribution in [0.3, 0.4) is 0 Å². The smallest absolute Gasteiger partial charge is 0.233 e. The number of hydrogen-bond acceptors (Lipinski definition) is 3. The third-order valence-corrected chi connectivity index (χ3v) is 7.19. The van der Waals surface area contributed by atoms with Crippen molar-refractivity contribution in [2.45, 2.75) is 75.5 Å². The number of unbranched alkanes of at least 4 members (excludes halogenated alkanes) is 2. The molecule has 0 saturated heterocycles. The van der Waals surface area contributed by atoms with Gasteiger partial charge in [-0.15, -0.1) is 11.3 Å². The number of benzene rings is 1. The minimum absolute atomic E-state index is 0. The second kappa shape index (κ2) is 11.7. The van der Waals surface area contributed by atoms with Gasteiger partial charge in [0.25, 0.3) is 0 Å². The van der Waals surface area contributed by atoms with Crippen molar-refractivity contribution >= 4 is 11.3 Å². The minimum atomic E-state index is -0.527. The predicted octanol–water partition coefficient (Wildman–Crippen LogP) is 5.66. The van der Waals surface area contributed by atoms with Crippen LogP contribution in [0.25, 0.3) is 4.85 Å². The van der Waals surface area contributed by atoms with Crippen LogP contribution in [0, 0.1) is 13.5 Å². The van der Waals surface area contributed by atoms with Crippen molar-refractivity contribution < 1.29 is 42.9 Å². The molecule has 3 rings (SSSR count). The first kappa shape index (κ1) is 24.7. The number of hydrogen-bond donors (Lipinski definition) is 2. The summed E-state index contributed by atoms with van der Waals surface area (Å²) in [6.45, 7) is 13.7. The molecule has 1 heterocycles. The molecule has 1 aliphatic carbocycles. The van der Waals surface area contributed by atoms with Crippen LogP contribution in [0.5, 0.6) is 0 Å². The van der Waals surface area contributed by atoms with Crippen molar-refractivity contribution in [3.8, 4) is 0 Å². The van der Waals surface area contributed by atoms with Gasteiger partial charge in [-0.25, -0.2) is 6.57 Å². The summed E-state index contributed by atoms with van der Waals surface area (Å²) in [5, 5.41) is 21.3. The van der Waals surface area contributed by atoms with Gasteiger partial charge in [0.05, 0.1) is 24.5 Å². The molecular weight excluding hydrogens is 455 g/mol. The Bertz CT molecular complexity index is 798. The third kappa shape index (κ3) is 5.78. The Morgan fingerprint density at radius 1 is 1.17 bits per heavy atom. The molecule has 5 atom stereocenters. The van der Waals surface area contributed by atoms with Gasteiger partial charge in [0, 0.05) is 48.4 Å². The standard InChI is InChI=1S/C24H30NO2S.Y/c1-4-6-7-8-19(26)21-13-14-22(28-21)24-20(27)15-18(25-3)23(24)17-11-9-16(5-2)10-12-17;/h9-14,18-20,23-24,26-27H,2,4-8,15H2,1H3;/q-1;/t18-,19?,20-,23?,24?;/m1./s1. The summed E-state index contributed by atoms with van der Waals surface area (Å²) >= 11 is 1.60. The van der Waals surface area contributed by atoms with Gasteiger partial charge in [0.2, 0.25) is 6.04 Å². The fraction of sp³-hybridized carbons (Fsp3) is 0.500. The van der Waals surface area contributed by atoms with Crippen LogP contribution in [-0.2, 0) is 39.1 Å². The minimum Gasteiger partial charge on any atom is -0.392 e. The van der Waals surface area contributed by atoms with E-state index in [2.05, 4.69) is 43.0 Å². The van der Waals surface area contributed by atoms with E-state index in [4.69, 9.17) is 6.57 Å². The summed E-state index contributed by atoms with van der Waals surface area (Å²) in [5.74, 6) is -0.110. The van der Waals surface area contributed by atoms with Crippen LogP contribution in [0.15, 0.2) is 36.4 Å². The molecule has 2 N–H and O–H groups in total. The van der Waals surface area contributed by atoms with Crippen LogP contribution in [0.2, 0.25) is 0 Å². The van der Waals surface area contributed by atoms with Gasteiger partial charge >= 0.3 is 0 Å². The molecular formula is C24H30NO2SY-. The Kier molecular flexibility index (Phi) is 9.99. The molecule has 1 radical (unpaired) electrons. The normalized spacial score (nSPS) is 24.7. The number of rotatable bonds is 8. The van der Waals surface area contributed by atoms with E-state index >= 15 is 0 Å². The number of aliphatic hydroxyl groups is 2. The van der Waals surface area contributed by atoms with Crippen molar-refractivity contribution in [1.82, 2.24) is 0 Å². The number of nitrogens with zero attached hydrogens (tertiary/aromatic N) is 1. The largest absolute Gasteiger partial charge is 0.392 e. The van der Waals surface area contributed by atoms with E-state index in [9.17, 15) is 10.2 Å². The van der Waals surface area contributed by atoms with E-state index in [-0.39, 0.29) is 50.6 Å². The first-order valence-electron chi connectivity index (χ1n) is 10.3. The van der Waals surface area contributed by atoms with Gasteiger partial charge < -0.3 is 22.0 Å². The van der Waals surface area contributed by atoms with Crippen molar-refractivity contribution in [2.75, 3.05) is 0 Å². The zero-order valence-electron chi connectivity index (χ0n) is 17.1. The van der Waals surface area contributed by atoms with E-state index in [1.165, 1.54) is 5.56 Å². The molecule has 29 heavy (non-hydrogen) atoms. The summed E-state index contributed by atoms with van der Waals surface area (Å²) in [5.41, 5.74) is 2.28. The van der Waals surface area contributed by atoms with Crippen molar-refractivity contribution in [1.29, 1.82) is 0 Å². The Morgan fingerprint density at radius 2 is 1.90 bits per heavy atom. The molecule has 1 aliphatic rings. The first-order chi connectivity index (χ1) is 13.6. The van der Waals surface area contributed by atoms with E-state index in [0.717, 1.165) is 47.4 Å². The first-order valence-corrected chi connectivity index (χ1v) is 11.1. The van der Waals surface area contributed by atoms with E-state index < -0.39 is 12.2 Å². The maximum absolute atomic E-state index is 10.8. The summed E-state index contributed by atoms with van der Waals surface area (Å²) in [4.78, 5) is 5.89. The van der Waals surface area contributed by atoms with Gasteiger partial charge in [-0.1, -0.05) is 56.0 Å². The van der Waals surface area contributed by atoms with Crippen LogP contribution < -0.4 is 0 Å². The van der Waals surface area contributed by atoms with Gasteiger partial charge in [0.1, 0.15) is 0 Å². The zero-order valence-corrected chi connectivity index (χ0v) is 20.8. The van der Waals surface area contributed by atoms with Gasteiger partial charge in [-0.05, 0) is 24.1 Å². The molecule has 5 heteroatoms. The maximum atomic E-state index is 10.8. The van der Waals surface area contributed by atoms with Crippen LogP contribution in [0.4, 0.5) is 0 Å². The van der Waals surface area contributed by atoms with Crippen molar-refractivity contribution in [3.05, 3.63) is 75.6 Å². The zero-order chi connectivity index (χ0) is 20.1. The monoisotopic (exact) mass is 485 g/mol. The molecule has 1 fully saturated rings. The van der Waals surface area contributed by atoms with Crippen LogP contribution in [-0.4, -0.2) is 22.4 Å². The SMILES string of the molecule is [C-]#[N+][C@@H]1C[C@@H](O)C(c2ccc(C(O)CCCCC)s2)C1c1ccc(C[CH2-])cc1.[Y]. The maximum Gasteiger partial charge on any atom is 0.233 e. The summed E-state index contributed by atoms with van der Waals surface area (Å²) < 4.78 is 0. The fourth-order valence-electron chi connectivity index (χ4n) is 4.31. The Balaban J connectivity index is 0.00000300. The van der Waals surface area contributed by atoms with Crippen LogP contribution in [0.1, 0.15) is 77.8 Å². The second-order valence-electron chi connectivity index (χ2n) is 7.79. The molecule has 0 amide bonds. The van der Waals surface area contributed by atoms with Crippen molar-refractivity contribution in [3.63, 3.8) is 0 Å². The summed E-state index contributed by atoms with van der Waals surface area (Å²) in [7, 11) is 0. The van der Waals surface area contributed by atoms with Crippen LogP contribution >= 0.6 is 11.3 Å². The molecule has 1 aromatic carbocycles. The summed E-state index contributed by atoms with van der Waals surface area (Å²) in [6, 6.07) is 12.1. The molecule has 3 unspecified atom stereocenters. The van der Waals surface area contributed by atoms with Gasteiger partial charge in [0.15, 0.2) is 0 Å². The Labute approximate surface area is 204 Å². The Hall–Kier alpha value is -0.566. The molecule has 2 aromatic rings. The number of thiophene rings is 1. The fourth-order valence-corrected chi connectivity index (χ4v) is 5.55. The summed E-state index contributed by atoms with van der Waals surface area (Å²) in [6.07, 6.45) is 4.36. The molecule has 153 valence electrons. The Morgan fingerprint density at radius 3 is 2.52 bits per heavy atom. The second-order valence-corrected chi connectivity index (χ2v) is 8.94. The molecule has 0 aliphatic heterocycles. The van der Waals surface area contributed by atoms with E-state index in [0.29, 0.717) is 6.42 Å². The van der Waals surface area contributed by atoms with Gasteiger partial charge in [-0.3, -0.25) is 0 Å². The topological polar surface area (TPSA) is 44.8 Å². The molecule has 0 bridgehead atoms. The van der Waals surface area contributed by atoms with Crippen molar-refractivity contribution in [2.24, 2.45) is 0 Å². The molecule has 1 saturated carbocycles. The number of aliphatic hydroxyl groups excluding tert-OH is 2. The quantitative estimate of drug-likeness (QED) is 0.375. The van der Waals surface area contributed by atoms with E-state index in [1.807, 2.05) is 12.1 Å². The average molecular weight is 485 g/mol. The average Bonchev–Trinajstić information content (AvgIpc) is 3.32. The van der Waals surface area contributed by atoms with Gasteiger partial charge in [-0.2, -0.15) is 6.42 Å². The molecule has 1 aromatic heterocycles. The third-order valence-electron chi connectivity index (χ3n) is 5.90. The predicted molar refractivity (Wildman–Crippen MR) is 115 cm³/mol. The molecule has 0 spiro atoms. The van der Waals surface area contributed by atoms with E-state index in [1.54, 1.807) is 11.3 Å². The molecule has 3 nitrogen and oxygen atoms in total.